The van der Waals surface area contributed by atoms with Gasteiger partial charge in [0.1, 0.15) is 0 Å². The Kier molecular flexibility index (Phi) is 6.86. The fourth-order valence-electron chi connectivity index (χ4n) is 2.78. The van der Waals surface area contributed by atoms with E-state index in [-0.39, 0.29) is 35.3 Å². The van der Waals surface area contributed by atoms with Crippen molar-refractivity contribution in [2.45, 2.75) is 13.5 Å². The lowest BCUT2D eigenvalue weighted by molar-refractivity contribution is -0.139. The molecular formula is C22H19F2NO6. The first-order valence-electron chi connectivity index (χ1n) is 9.23. The quantitative estimate of drug-likeness (QED) is 0.382. The molecule has 0 fully saturated rings. The van der Waals surface area contributed by atoms with Crippen molar-refractivity contribution in [2.24, 2.45) is 0 Å². The maximum Gasteiger partial charge on any atom is 0.387 e. The molecule has 31 heavy (non-hydrogen) atoms. The summed E-state index contributed by atoms with van der Waals surface area (Å²) in [4.78, 5) is 25.2. The topological polar surface area (TPSA) is 83.1 Å². The summed E-state index contributed by atoms with van der Waals surface area (Å²) >= 11 is 0. The van der Waals surface area contributed by atoms with Gasteiger partial charge in [-0.1, -0.05) is 24.3 Å². The Hall–Kier alpha value is -3.88. The average Bonchev–Trinajstić information content (AvgIpc) is 3.04. The molecule has 0 saturated heterocycles. The Labute approximate surface area is 176 Å². The zero-order chi connectivity index (χ0) is 22.4. The third-order valence-corrected chi connectivity index (χ3v) is 4.10. The van der Waals surface area contributed by atoms with Crippen LogP contribution in [-0.4, -0.2) is 32.1 Å². The van der Waals surface area contributed by atoms with Crippen LogP contribution in [0.1, 0.15) is 12.5 Å². The molecule has 0 radical (unpaired) electrons. The summed E-state index contributed by atoms with van der Waals surface area (Å²) in [5, 5.41) is 2.90. The average molecular weight is 431 g/mol. The van der Waals surface area contributed by atoms with E-state index in [0.29, 0.717) is 11.3 Å². The smallest absolute Gasteiger partial charge is 0.387 e. The van der Waals surface area contributed by atoms with Crippen molar-refractivity contribution in [1.29, 1.82) is 0 Å². The number of ketones is 1. The van der Waals surface area contributed by atoms with Crippen LogP contribution in [0.5, 0.6) is 11.5 Å². The van der Waals surface area contributed by atoms with E-state index < -0.39 is 18.4 Å². The number of methoxy groups -OCH3 is 1. The van der Waals surface area contributed by atoms with Crippen LogP contribution in [0.2, 0.25) is 0 Å². The van der Waals surface area contributed by atoms with Gasteiger partial charge in [0.05, 0.1) is 13.7 Å². The van der Waals surface area contributed by atoms with Gasteiger partial charge in [-0.25, -0.2) is 4.79 Å². The number of Topliss-reactive ketones (excluding diaryl/α,β-unsaturated/α-hetero) is 1. The summed E-state index contributed by atoms with van der Waals surface area (Å²) in [6.07, 6.45) is 1.36. The van der Waals surface area contributed by atoms with Crippen molar-refractivity contribution in [3.8, 4) is 11.5 Å². The molecule has 0 spiro atoms. The van der Waals surface area contributed by atoms with Crippen molar-refractivity contribution >= 4 is 23.5 Å². The predicted octanol–water partition coefficient (Wildman–Crippen LogP) is 4.12. The van der Waals surface area contributed by atoms with E-state index in [2.05, 4.69) is 10.1 Å². The Morgan fingerprint density at radius 1 is 1.16 bits per heavy atom. The number of alkyl halides is 2. The van der Waals surface area contributed by atoms with Crippen LogP contribution in [0, 0.1) is 0 Å². The van der Waals surface area contributed by atoms with Gasteiger partial charge in [-0.15, -0.1) is 0 Å². The first kappa shape index (κ1) is 21.8. The molecule has 1 aliphatic heterocycles. The highest BCUT2D eigenvalue weighted by molar-refractivity contribution is 6.26. The summed E-state index contributed by atoms with van der Waals surface area (Å²) in [5.74, 6) is -1.83. The number of nitrogens with one attached hydrogen (secondary N) is 1. The molecule has 3 rings (SSSR count). The summed E-state index contributed by atoms with van der Waals surface area (Å²) in [7, 11) is 1.30. The lowest BCUT2D eigenvalue weighted by atomic mass is 10.1. The lowest BCUT2D eigenvalue weighted by Gasteiger charge is -2.10. The number of ether oxygens (including phenoxy) is 4. The number of rotatable bonds is 8. The molecule has 1 heterocycles. The zero-order valence-electron chi connectivity index (χ0n) is 16.7. The molecule has 0 bridgehead atoms. The Balaban J connectivity index is 1.92. The largest absolute Gasteiger partial charge is 0.493 e. The van der Waals surface area contributed by atoms with Gasteiger partial charge >= 0.3 is 12.6 Å². The number of carbonyl (C=O) groups is 2. The first-order valence-corrected chi connectivity index (χ1v) is 9.23. The Bertz CT molecular complexity index is 1030. The van der Waals surface area contributed by atoms with Crippen LogP contribution in [0.4, 0.5) is 14.5 Å². The highest BCUT2D eigenvalue weighted by atomic mass is 19.3. The van der Waals surface area contributed by atoms with Gasteiger partial charge < -0.3 is 24.3 Å². The second-order valence-electron chi connectivity index (χ2n) is 6.14. The molecule has 0 saturated carbocycles. The maximum atomic E-state index is 12.8. The summed E-state index contributed by atoms with van der Waals surface area (Å²) in [6.45, 7) is -1.31. The monoisotopic (exact) mass is 431 g/mol. The number of para-hydroxylation sites is 1. The van der Waals surface area contributed by atoms with E-state index in [1.807, 2.05) is 6.07 Å². The molecule has 0 aromatic heterocycles. The van der Waals surface area contributed by atoms with Gasteiger partial charge in [0.25, 0.3) is 0 Å². The van der Waals surface area contributed by atoms with E-state index in [4.69, 9.17) is 14.2 Å². The number of anilines is 1. The van der Waals surface area contributed by atoms with Crippen molar-refractivity contribution in [2.75, 3.05) is 19.0 Å². The number of halogens is 2. The van der Waals surface area contributed by atoms with Gasteiger partial charge in [0.2, 0.25) is 11.7 Å². The molecule has 7 nitrogen and oxygen atoms in total. The SMILES string of the molecule is CCOC(=O)C1=C(Nc2ccccc2)O/C(=C\c2ccc(OC(F)F)c(OC)c2)C1=O. The molecule has 162 valence electrons. The molecule has 2 aromatic carbocycles. The minimum atomic E-state index is -3.01. The van der Waals surface area contributed by atoms with Crippen molar-refractivity contribution < 1.29 is 37.3 Å². The number of allylic oxidation sites excluding steroid dienone is 1. The number of hydrogen-bond donors (Lipinski definition) is 1. The van der Waals surface area contributed by atoms with Crippen LogP contribution in [0.15, 0.2) is 65.7 Å². The van der Waals surface area contributed by atoms with Gasteiger partial charge in [0, 0.05) is 5.69 Å². The Morgan fingerprint density at radius 3 is 2.55 bits per heavy atom. The van der Waals surface area contributed by atoms with Crippen LogP contribution < -0.4 is 14.8 Å². The van der Waals surface area contributed by atoms with E-state index in [1.54, 1.807) is 31.2 Å². The molecule has 1 N–H and O–H groups in total. The van der Waals surface area contributed by atoms with E-state index >= 15 is 0 Å². The highest BCUT2D eigenvalue weighted by Crippen LogP contribution is 2.33. The molecule has 2 aromatic rings. The fraction of sp³-hybridized carbons (Fsp3) is 0.182. The van der Waals surface area contributed by atoms with Crippen LogP contribution in [0.25, 0.3) is 6.08 Å². The molecule has 1 aliphatic rings. The number of carbonyl (C=O) groups excluding carboxylic acids is 2. The van der Waals surface area contributed by atoms with Gasteiger partial charge in [-0.2, -0.15) is 8.78 Å². The molecule has 0 aliphatic carbocycles. The number of hydrogen-bond acceptors (Lipinski definition) is 7. The summed E-state index contributed by atoms with van der Waals surface area (Å²) in [6, 6.07) is 12.9. The molecule has 0 atom stereocenters. The van der Waals surface area contributed by atoms with Crippen LogP contribution in [0.3, 0.4) is 0 Å². The van der Waals surface area contributed by atoms with Crippen molar-refractivity contribution in [3.05, 3.63) is 71.3 Å². The normalized spacial score (nSPS) is 14.6. The summed E-state index contributed by atoms with van der Waals surface area (Å²) < 4.78 is 45.1. The van der Waals surface area contributed by atoms with Crippen LogP contribution >= 0.6 is 0 Å². The van der Waals surface area contributed by atoms with Gasteiger partial charge in [0.15, 0.2) is 22.8 Å². The van der Waals surface area contributed by atoms with Crippen molar-refractivity contribution in [3.63, 3.8) is 0 Å². The van der Waals surface area contributed by atoms with E-state index in [9.17, 15) is 18.4 Å². The van der Waals surface area contributed by atoms with Gasteiger partial charge in [-0.3, -0.25) is 4.79 Å². The first-order chi connectivity index (χ1) is 14.9. The zero-order valence-corrected chi connectivity index (χ0v) is 16.7. The second-order valence-corrected chi connectivity index (χ2v) is 6.14. The summed E-state index contributed by atoms with van der Waals surface area (Å²) in [5.41, 5.74) is 0.732. The molecule has 9 heteroatoms. The van der Waals surface area contributed by atoms with E-state index in [0.717, 1.165) is 0 Å². The standard InChI is InChI=1S/C22H19F2NO6/c1-3-29-21(27)18-19(26)17(30-20(18)25-14-7-5-4-6-8-14)12-13-9-10-15(31-22(23)24)16(11-13)28-2/h4-12,22,25H,3H2,1-2H3/b17-12-. The second kappa shape index (κ2) is 9.75. The van der Waals surface area contributed by atoms with Crippen molar-refractivity contribution in [1.82, 2.24) is 0 Å². The minimum Gasteiger partial charge on any atom is -0.493 e. The fourth-order valence-corrected chi connectivity index (χ4v) is 2.78. The third kappa shape index (κ3) is 5.19. The molecular weight excluding hydrogens is 412 g/mol. The predicted molar refractivity (Wildman–Crippen MR) is 107 cm³/mol. The number of benzene rings is 2. The minimum absolute atomic E-state index is 0.0429. The Morgan fingerprint density at radius 2 is 1.90 bits per heavy atom. The third-order valence-electron chi connectivity index (χ3n) is 4.10. The molecule has 0 unspecified atom stereocenters. The maximum absolute atomic E-state index is 12.8. The van der Waals surface area contributed by atoms with Gasteiger partial charge in [-0.05, 0) is 42.8 Å². The van der Waals surface area contributed by atoms with E-state index in [1.165, 1.54) is 31.4 Å². The van der Waals surface area contributed by atoms with Crippen LogP contribution in [-0.2, 0) is 19.1 Å². The lowest BCUT2D eigenvalue weighted by Crippen LogP contribution is -2.16. The highest BCUT2D eigenvalue weighted by Gasteiger charge is 2.37. The number of esters is 1. The molecule has 0 amide bonds.